The second kappa shape index (κ2) is 9.15. The third-order valence-electron chi connectivity index (χ3n) is 2.91. The Labute approximate surface area is 150 Å². The van der Waals surface area contributed by atoms with Crippen molar-refractivity contribution in [2.24, 2.45) is 5.16 Å². The van der Waals surface area contributed by atoms with E-state index >= 15 is 0 Å². The van der Waals surface area contributed by atoms with E-state index in [1.54, 1.807) is 43.3 Å². The number of oxime groups is 1. The molecule has 2 aromatic rings. The quantitative estimate of drug-likeness (QED) is 0.244. The van der Waals surface area contributed by atoms with Crippen molar-refractivity contribution in [2.45, 2.75) is 13.3 Å². The molecule has 2 rings (SSSR count). The van der Waals surface area contributed by atoms with Crippen LogP contribution >= 0.6 is 23.2 Å². The molecule has 5 nitrogen and oxygen atoms in total. The molecule has 1 N–H and O–H groups in total. The fraction of sp³-hybridized carbons (Fsp3) is 0.176. The summed E-state index contributed by atoms with van der Waals surface area (Å²) in [6.45, 7) is 1.87. The third kappa shape index (κ3) is 5.15. The van der Waals surface area contributed by atoms with Crippen LogP contribution in [-0.4, -0.2) is 18.8 Å². The summed E-state index contributed by atoms with van der Waals surface area (Å²) in [5, 5.41) is 7.60. The molecule has 7 heteroatoms. The Morgan fingerprint density at radius 1 is 1.17 bits per heavy atom. The number of carbonyl (C=O) groups excluding carboxylic acids is 1. The molecule has 2 aromatic carbocycles. The van der Waals surface area contributed by atoms with Gasteiger partial charge >= 0.3 is 5.97 Å². The van der Waals surface area contributed by atoms with Crippen LogP contribution in [-0.2, 0) is 9.63 Å². The predicted molar refractivity (Wildman–Crippen MR) is 96.6 cm³/mol. The van der Waals surface area contributed by atoms with Crippen LogP contribution < -0.4 is 10.1 Å². The first-order valence-electron chi connectivity index (χ1n) is 7.22. The molecule has 0 fully saturated rings. The maximum absolute atomic E-state index is 11.9. The number of ether oxygens (including phenoxy) is 1. The summed E-state index contributed by atoms with van der Waals surface area (Å²) in [5.74, 6) is -0.0571. The van der Waals surface area contributed by atoms with E-state index in [-0.39, 0.29) is 13.0 Å². The maximum Gasteiger partial charge on any atom is 0.314 e. The number of nitrogens with zero attached hydrogens (tertiary/aromatic N) is 1. The summed E-state index contributed by atoms with van der Waals surface area (Å²) in [6, 6.07) is 12.2. The molecule has 0 aliphatic carbocycles. The summed E-state index contributed by atoms with van der Waals surface area (Å²) in [5.41, 5.74) is 1.12. The smallest absolute Gasteiger partial charge is 0.314 e. The molecule has 0 atom stereocenters. The van der Waals surface area contributed by atoms with Gasteiger partial charge in [-0.2, -0.15) is 0 Å². The van der Waals surface area contributed by atoms with Crippen molar-refractivity contribution in [3.63, 3.8) is 0 Å². The van der Waals surface area contributed by atoms with Crippen molar-refractivity contribution < 1.29 is 14.4 Å². The molecule has 0 aromatic heterocycles. The first-order valence-corrected chi connectivity index (χ1v) is 7.98. The van der Waals surface area contributed by atoms with E-state index in [1.807, 2.05) is 6.07 Å². The molecule has 24 heavy (non-hydrogen) atoms. The first kappa shape index (κ1) is 18.1. The van der Waals surface area contributed by atoms with Crippen LogP contribution in [0.2, 0.25) is 10.0 Å². The molecular weight excluding hydrogens is 351 g/mol. The zero-order valence-corrected chi connectivity index (χ0v) is 14.5. The van der Waals surface area contributed by atoms with Gasteiger partial charge in [-0.3, -0.25) is 4.79 Å². The number of esters is 1. The number of rotatable bonds is 7. The van der Waals surface area contributed by atoms with E-state index in [9.17, 15) is 4.79 Å². The molecule has 0 saturated carbocycles. The molecule has 0 saturated heterocycles. The number of para-hydroxylation sites is 3. The number of hydrogen-bond donors (Lipinski definition) is 1. The lowest BCUT2D eigenvalue weighted by molar-refractivity contribution is -0.135. The third-order valence-corrected chi connectivity index (χ3v) is 3.54. The molecule has 0 bridgehead atoms. The number of halogens is 2. The molecule has 0 heterocycles. The molecule has 0 radical (unpaired) electrons. The van der Waals surface area contributed by atoms with E-state index in [0.29, 0.717) is 27.2 Å². The standard InChI is InChI=1S/C17H16Cl2N2O3/c1-2-20-23-11-10-16(22)24-15-9-4-3-8-14(15)21-17-12(18)6-5-7-13(17)19/h2-9,21H,10-11H2,1H3. The average Bonchev–Trinajstić information content (AvgIpc) is 2.56. The van der Waals surface area contributed by atoms with E-state index in [4.69, 9.17) is 32.8 Å². The van der Waals surface area contributed by atoms with Crippen molar-refractivity contribution in [1.82, 2.24) is 0 Å². The summed E-state index contributed by atoms with van der Waals surface area (Å²) in [4.78, 5) is 16.7. The van der Waals surface area contributed by atoms with Crippen LogP contribution in [0.25, 0.3) is 0 Å². The van der Waals surface area contributed by atoms with Crippen LogP contribution in [0.3, 0.4) is 0 Å². The molecule has 0 aliphatic rings. The maximum atomic E-state index is 11.9. The fourth-order valence-electron chi connectivity index (χ4n) is 1.84. The van der Waals surface area contributed by atoms with Gasteiger partial charge in [0.1, 0.15) is 6.61 Å². The van der Waals surface area contributed by atoms with Gasteiger partial charge in [-0.15, -0.1) is 0 Å². The summed E-state index contributed by atoms with van der Waals surface area (Å²) in [6.07, 6.45) is 1.58. The van der Waals surface area contributed by atoms with Gasteiger partial charge in [0.05, 0.1) is 27.8 Å². The lowest BCUT2D eigenvalue weighted by Gasteiger charge is -2.14. The topological polar surface area (TPSA) is 59.9 Å². The van der Waals surface area contributed by atoms with Crippen molar-refractivity contribution in [1.29, 1.82) is 0 Å². The molecule has 0 unspecified atom stereocenters. The second-order valence-corrected chi connectivity index (χ2v) is 5.45. The van der Waals surface area contributed by atoms with Crippen molar-refractivity contribution in [2.75, 3.05) is 11.9 Å². The van der Waals surface area contributed by atoms with Gasteiger partial charge < -0.3 is 14.9 Å². The lowest BCUT2D eigenvalue weighted by atomic mass is 10.2. The molecule has 0 spiro atoms. The Balaban J connectivity index is 2.09. The molecule has 126 valence electrons. The first-order chi connectivity index (χ1) is 11.6. The van der Waals surface area contributed by atoms with Crippen molar-refractivity contribution >= 4 is 46.8 Å². The summed E-state index contributed by atoms with van der Waals surface area (Å²) >= 11 is 12.3. The van der Waals surface area contributed by atoms with E-state index in [1.165, 1.54) is 6.21 Å². The molecular formula is C17H16Cl2N2O3. The number of anilines is 2. The Hall–Kier alpha value is -2.24. The Morgan fingerprint density at radius 3 is 2.58 bits per heavy atom. The zero-order chi connectivity index (χ0) is 17.4. The van der Waals surface area contributed by atoms with Crippen LogP contribution in [0.5, 0.6) is 5.75 Å². The zero-order valence-electron chi connectivity index (χ0n) is 13.0. The Morgan fingerprint density at radius 2 is 1.88 bits per heavy atom. The summed E-state index contributed by atoms with van der Waals surface area (Å²) < 4.78 is 5.36. The minimum absolute atomic E-state index is 0.0819. The van der Waals surface area contributed by atoms with E-state index in [0.717, 1.165) is 0 Å². The highest BCUT2D eigenvalue weighted by Crippen LogP contribution is 2.35. The minimum Gasteiger partial charge on any atom is -0.424 e. The van der Waals surface area contributed by atoms with Crippen LogP contribution in [0.15, 0.2) is 47.6 Å². The van der Waals surface area contributed by atoms with Gasteiger partial charge in [0, 0.05) is 6.21 Å². The van der Waals surface area contributed by atoms with Gasteiger partial charge in [0.25, 0.3) is 0 Å². The van der Waals surface area contributed by atoms with E-state index in [2.05, 4.69) is 10.5 Å². The van der Waals surface area contributed by atoms with Gasteiger partial charge in [0.15, 0.2) is 5.75 Å². The van der Waals surface area contributed by atoms with Crippen molar-refractivity contribution in [3.8, 4) is 5.75 Å². The largest absolute Gasteiger partial charge is 0.424 e. The second-order valence-electron chi connectivity index (χ2n) is 4.64. The summed E-state index contributed by atoms with van der Waals surface area (Å²) in [7, 11) is 0. The Bertz CT molecular complexity index is 715. The Kier molecular flexibility index (Phi) is 6.90. The normalized spacial score (nSPS) is 10.6. The van der Waals surface area contributed by atoms with Gasteiger partial charge in [-0.1, -0.05) is 46.6 Å². The highest BCUT2D eigenvalue weighted by Gasteiger charge is 2.12. The van der Waals surface area contributed by atoms with Crippen LogP contribution in [0.1, 0.15) is 13.3 Å². The van der Waals surface area contributed by atoms with Crippen molar-refractivity contribution in [3.05, 3.63) is 52.5 Å². The van der Waals surface area contributed by atoms with E-state index < -0.39 is 5.97 Å². The van der Waals surface area contributed by atoms with Gasteiger partial charge in [-0.05, 0) is 31.2 Å². The monoisotopic (exact) mass is 366 g/mol. The molecule has 0 aliphatic heterocycles. The number of carbonyl (C=O) groups is 1. The predicted octanol–water partition coefficient (Wildman–Crippen LogP) is 5.05. The number of hydrogen-bond acceptors (Lipinski definition) is 5. The van der Waals surface area contributed by atoms with Gasteiger partial charge in [-0.25, -0.2) is 0 Å². The molecule has 0 amide bonds. The van der Waals surface area contributed by atoms with Crippen LogP contribution in [0.4, 0.5) is 11.4 Å². The van der Waals surface area contributed by atoms with Gasteiger partial charge in [0.2, 0.25) is 0 Å². The highest BCUT2D eigenvalue weighted by atomic mass is 35.5. The fourth-order valence-corrected chi connectivity index (χ4v) is 2.33. The lowest BCUT2D eigenvalue weighted by Crippen LogP contribution is -2.11. The SMILES string of the molecule is CC=NOCCC(=O)Oc1ccccc1Nc1c(Cl)cccc1Cl. The highest BCUT2D eigenvalue weighted by molar-refractivity contribution is 6.39. The number of nitrogens with one attached hydrogen (secondary N) is 1. The minimum atomic E-state index is -0.430. The average molecular weight is 367 g/mol. The number of benzene rings is 2. The van der Waals surface area contributed by atoms with Crippen LogP contribution in [0, 0.1) is 0 Å².